The summed E-state index contributed by atoms with van der Waals surface area (Å²) in [5, 5.41) is 10.9. The lowest BCUT2D eigenvalue weighted by molar-refractivity contribution is 0.423. The molecule has 2 heteroatoms. The van der Waals surface area contributed by atoms with E-state index in [2.05, 4.69) is 60.6 Å². The van der Waals surface area contributed by atoms with Crippen molar-refractivity contribution in [3.63, 3.8) is 0 Å². The fourth-order valence-electron chi connectivity index (χ4n) is 3.98. The van der Waals surface area contributed by atoms with Crippen LogP contribution in [0.5, 0.6) is 5.75 Å². The van der Waals surface area contributed by atoms with Gasteiger partial charge in [0.2, 0.25) is 0 Å². The monoisotopic (exact) mass is 434 g/mol. The normalized spacial score (nSPS) is 12.5. The van der Waals surface area contributed by atoms with Gasteiger partial charge in [-0.15, -0.1) is 0 Å². The van der Waals surface area contributed by atoms with E-state index in [4.69, 9.17) is 0 Å². The molecule has 0 fully saturated rings. The second kappa shape index (κ2) is 13.7. The van der Waals surface area contributed by atoms with Crippen molar-refractivity contribution in [3.05, 3.63) is 28.8 Å². The molecule has 1 aromatic carbocycles. The van der Waals surface area contributed by atoms with E-state index in [9.17, 15) is 5.11 Å². The number of aromatic hydroxyl groups is 1. The van der Waals surface area contributed by atoms with Crippen molar-refractivity contribution >= 4 is 11.8 Å². The van der Waals surface area contributed by atoms with Crippen molar-refractivity contribution in [2.75, 3.05) is 5.75 Å². The van der Waals surface area contributed by atoms with Crippen molar-refractivity contribution in [1.82, 2.24) is 0 Å². The lowest BCUT2D eigenvalue weighted by Crippen LogP contribution is -2.17. The Bertz CT molecular complexity index is 557. The Balaban J connectivity index is 2.33. The third kappa shape index (κ3) is 10.6. The molecular weight excluding hydrogens is 384 g/mol. The average molecular weight is 435 g/mol. The molecule has 0 heterocycles. The number of phenolic OH excluding ortho intramolecular Hbond substituents is 1. The van der Waals surface area contributed by atoms with Crippen LogP contribution >= 0.6 is 11.8 Å². The lowest BCUT2D eigenvalue weighted by Gasteiger charge is -2.28. The molecule has 0 amide bonds. The molecule has 0 atom stereocenters. The van der Waals surface area contributed by atoms with Crippen LogP contribution in [0.4, 0.5) is 0 Å². The summed E-state index contributed by atoms with van der Waals surface area (Å²) in [6.07, 6.45) is 15.5. The van der Waals surface area contributed by atoms with Gasteiger partial charge in [0.15, 0.2) is 0 Å². The van der Waals surface area contributed by atoms with Gasteiger partial charge in [-0.2, -0.15) is 11.8 Å². The van der Waals surface area contributed by atoms with Crippen LogP contribution in [0.2, 0.25) is 0 Å². The molecule has 0 bridgehead atoms. The van der Waals surface area contributed by atoms with Crippen LogP contribution in [0.1, 0.15) is 136 Å². The van der Waals surface area contributed by atoms with E-state index in [-0.39, 0.29) is 10.8 Å². The van der Waals surface area contributed by atoms with Crippen molar-refractivity contribution in [2.45, 2.75) is 136 Å². The molecule has 0 spiro atoms. The Morgan fingerprint density at radius 3 is 1.47 bits per heavy atom. The summed E-state index contributed by atoms with van der Waals surface area (Å²) in [6, 6.07) is 4.47. The van der Waals surface area contributed by atoms with Gasteiger partial charge < -0.3 is 5.11 Å². The molecule has 0 aliphatic rings. The maximum Gasteiger partial charge on any atom is 0.123 e. The number of unbranched alkanes of at least 4 members (excludes halogenated alkanes) is 10. The van der Waals surface area contributed by atoms with Crippen molar-refractivity contribution in [3.8, 4) is 5.75 Å². The third-order valence-corrected chi connectivity index (χ3v) is 7.06. The van der Waals surface area contributed by atoms with Crippen LogP contribution in [0, 0.1) is 0 Å². The van der Waals surface area contributed by atoms with Gasteiger partial charge in [-0.25, -0.2) is 0 Å². The SMILES string of the molecule is CCCCCCCCCCCCCSCc1cc(C(C)(C)C)c(O)c(C(C)(C)C)c1. The van der Waals surface area contributed by atoms with E-state index >= 15 is 0 Å². The van der Waals surface area contributed by atoms with Gasteiger partial charge in [0, 0.05) is 5.75 Å². The highest BCUT2D eigenvalue weighted by molar-refractivity contribution is 7.98. The highest BCUT2D eigenvalue weighted by Gasteiger charge is 2.26. The first kappa shape index (κ1) is 27.4. The molecule has 0 unspecified atom stereocenters. The first-order chi connectivity index (χ1) is 14.1. The van der Waals surface area contributed by atoms with Crippen molar-refractivity contribution in [1.29, 1.82) is 0 Å². The van der Waals surface area contributed by atoms with Crippen molar-refractivity contribution < 1.29 is 5.11 Å². The predicted molar refractivity (Wildman–Crippen MR) is 138 cm³/mol. The van der Waals surface area contributed by atoms with Crippen LogP contribution in [-0.4, -0.2) is 10.9 Å². The lowest BCUT2D eigenvalue weighted by atomic mass is 9.78. The van der Waals surface area contributed by atoms with Crippen LogP contribution in [0.15, 0.2) is 12.1 Å². The van der Waals surface area contributed by atoms with E-state index in [1.54, 1.807) is 0 Å². The molecule has 1 nitrogen and oxygen atoms in total. The Kier molecular flexibility index (Phi) is 12.5. The van der Waals surface area contributed by atoms with Crippen LogP contribution in [0.3, 0.4) is 0 Å². The zero-order chi connectivity index (χ0) is 22.6. The quantitative estimate of drug-likeness (QED) is 0.294. The first-order valence-electron chi connectivity index (χ1n) is 12.5. The van der Waals surface area contributed by atoms with Gasteiger partial charge in [0.25, 0.3) is 0 Å². The maximum atomic E-state index is 10.9. The summed E-state index contributed by atoms with van der Waals surface area (Å²) < 4.78 is 0. The third-order valence-electron chi connectivity index (χ3n) is 5.95. The van der Waals surface area contributed by atoms with Crippen LogP contribution in [0.25, 0.3) is 0 Å². The maximum absolute atomic E-state index is 10.9. The summed E-state index contributed by atoms with van der Waals surface area (Å²) in [6.45, 7) is 15.4. The Hall–Kier alpha value is -0.630. The van der Waals surface area contributed by atoms with Gasteiger partial charge in [0.05, 0.1) is 0 Å². The van der Waals surface area contributed by atoms with E-state index in [0.29, 0.717) is 5.75 Å². The summed E-state index contributed by atoms with van der Waals surface area (Å²) in [7, 11) is 0. The molecule has 0 aliphatic heterocycles. The second-order valence-corrected chi connectivity index (χ2v) is 12.2. The highest BCUT2D eigenvalue weighted by atomic mass is 32.2. The summed E-state index contributed by atoms with van der Waals surface area (Å²) in [5.74, 6) is 2.78. The fourth-order valence-corrected chi connectivity index (χ4v) is 4.93. The molecule has 0 saturated carbocycles. The van der Waals surface area contributed by atoms with Gasteiger partial charge in [0.1, 0.15) is 5.75 Å². The van der Waals surface area contributed by atoms with E-state index in [0.717, 1.165) is 16.9 Å². The summed E-state index contributed by atoms with van der Waals surface area (Å²) >= 11 is 2.05. The average Bonchev–Trinajstić information content (AvgIpc) is 2.64. The fraction of sp³-hybridized carbons (Fsp3) is 0.786. The molecule has 1 aromatic rings. The van der Waals surface area contributed by atoms with Crippen LogP contribution in [-0.2, 0) is 16.6 Å². The minimum absolute atomic E-state index is 0.0409. The number of phenols is 1. The van der Waals surface area contributed by atoms with Gasteiger partial charge >= 0.3 is 0 Å². The number of hydrogen-bond donors (Lipinski definition) is 1. The predicted octanol–water partition coefficient (Wildman–Crippen LogP) is 9.53. The zero-order valence-electron chi connectivity index (χ0n) is 21.2. The molecule has 0 aromatic heterocycles. The summed E-state index contributed by atoms with van der Waals surface area (Å²) in [4.78, 5) is 0. The minimum Gasteiger partial charge on any atom is -0.507 e. The Morgan fingerprint density at radius 1 is 0.667 bits per heavy atom. The molecule has 1 rings (SSSR count). The standard InChI is InChI=1S/C28H50OS/c1-8-9-10-11-12-13-14-15-16-17-18-19-30-22-23-20-24(27(2,3)4)26(29)25(21-23)28(5,6)7/h20-21,29H,8-19,22H2,1-7H3. The second-order valence-electron chi connectivity index (χ2n) is 11.1. The Labute approximate surface area is 192 Å². The summed E-state index contributed by atoms with van der Waals surface area (Å²) in [5.41, 5.74) is 3.44. The number of rotatable bonds is 14. The molecule has 0 aliphatic carbocycles. The minimum atomic E-state index is -0.0409. The first-order valence-corrected chi connectivity index (χ1v) is 13.7. The number of hydrogen-bond acceptors (Lipinski definition) is 2. The number of thioether (sulfide) groups is 1. The molecule has 30 heavy (non-hydrogen) atoms. The van der Waals surface area contributed by atoms with E-state index < -0.39 is 0 Å². The van der Waals surface area contributed by atoms with Gasteiger partial charge in [-0.1, -0.05) is 125 Å². The van der Waals surface area contributed by atoms with Gasteiger partial charge in [-0.3, -0.25) is 0 Å². The zero-order valence-corrected chi connectivity index (χ0v) is 22.0. The molecule has 1 N–H and O–H groups in total. The van der Waals surface area contributed by atoms with Crippen molar-refractivity contribution in [2.24, 2.45) is 0 Å². The van der Waals surface area contributed by atoms with Crippen LogP contribution < -0.4 is 0 Å². The topological polar surface area (TPSA) is 20.2 Å². The molecule has 0 saturated heterocycles. The highest BCUT2D eigenvalue weighted by Crippen LogP contribution is 2.40. The Morgan fingerprint density at radius 2 is 1.07 bits per heavy atom. The molecule has 0 radical (unpaired) electrons. The number of benzene rings is 1. The smallest absolute Gasteiger partial charge is 0.123 e. The largest absolute Gasteiger partial charge is 0.507 e. The van der Waals surface area contributed by atoms with E-state index in [1.165, 1.54) is 81.9 Å². The molecule has 174 valence electrons. The van der Waals surface area contributed by atoms with E-state index in [1.807, 2.05) is 11.8 Å². The van der Waals surface area contributed by atoms with Gasteiger partial charge in [-0.05, 0) is 39.7 Å². The molecular formula is C28H50OS.